The molecule has 0 radical (unpaired) electrons. The van der Waals surface area contributed by atoms with Crippen molar-refractivity contribution in [1.82, 2.24) is 10.2 Å². The maximum absolute atomic E-state index is 14.3. The lowest BCUT2D eigenvalue weighted by molar-refractivity contribution is -0.139. The van der Waals surface area contributed by atoms with Crippen molar-refractivity contribution in [2.24, 2.45) is 0 Å². The minimum Gasteiger partial charge on any atom is -0.494 e. The maximum Gasteiger partial charge on any atom is 0.264 e. The van der Waals surface area contributed by atoms with E-state index in [9.17, 15) is 22.4 Å². The Morgan fingerprint density at radius 3 is 2.11 bits per heavy atom. The summed E-state index contributed by atoms with van der Waals surface area (Å²) in [7, 11) is -2.75. The van der Waals surface area contributed by atoms with Gasteiger partial charge in [0, 0.05) is 24.9 Å². The second-order valence-electron chi connectivity index (χ2n) is 10.1. The fourth-order valence-electron chi connectivity index (χ4n) is 4.79. The van der Waals surface area contributed by atoms with Crippen molar-refractivity contribution in [3.8, 4) is 5.75 Å². The van der Waals surface area contributed by atoms with E-state index in [2.05, 4.69) is 5.32 Å². The summed E-state index contributed by atoms with van der Waals surface area (Å²) >= 11 is 1.48. The van der Waals surface area contributed by atoms with Crippen LogP contribution in [0, 0.1) is 5.82 Å². The van der Waals surface area contributed by atoms with Crippen molar-refractivity contribution in [2.45, 2.75) is 35.7 Å². The number of halogens is 1. The number of likely N-dealkylation sites (N-methyl/N-ethyl adjacent to an activating group) is 1. The van der Waals surface area contributed by atoms with Crippen LogP contribution in [-0.4, -0.2) is 57.6 Å². The zero-order valence-electron chi connectivity index (χ0n) is 25.4. The van der Waals surface area contributed by atoms with Gasteiger partial charge in [-0.25, -0.2) is 12.8 Å². The molecule has 236 valence electrons. The van der Waals surface area contributed by atoms with Gasteiger partial charge in [-0.3, -0.25) is 13.9 Å². The number of carbonyl (C=O) groups is 2. The number of amides is 2. The summed E-state index contributed by atoms with van der Waals surface area (Å²) in [6.45, 7) is 1.63. The van der Waals surface area contributed by atoms with E-state index in [1.807, 2.05) is 43.5 Å². The predicted molar refractivity (Wildman–Crippen MR) is 175 cm³/mol. The third-order valence-corrected chi connectivity index (χ3v) is 9.68. The van der Waals surface area contributed by atoms with E-state index in [0.717, 1.165) is 14.8 Å². The van der Waals surface area contributed by atoms with E-state index in [4.69, 9.17) is 4.74 Å². The van der Waals surface area contributed by atoms with Crippen LogP contribution in [0.4, 0.5) is 10.1 Å². The van der Waals surface area contributed by atoms with Gasteiger partial charge in [-0.05, 0) is 85.0 Å². The molecule has 11 heteroatoms. The predicted octanol–water partition coefficient (Wildman–Crippen LogP) is 5.53. The highest BCUT2D eigenvalue weighted by molar-refractivity contribution is 7.98. The van der Waals surface area contributed by atoms with Crippen molar-refractivity contribution in [2.75, 3.05) is 30.8 Å². The number of sulfonamides is 1. The molecular formula is C34H36FN3O5S2. The van der Waals surface area contributed by atoms with Gasteiger partial charge in [0.25, 0.3) is 10.0 Å². The summed E-state index contributed by atoms with van der Waals surface area (Å²) in [5.41, 5.74) is 1.64. The molecule has 0 aliphatic carbocycles. The van der Waals surface area contributed by atoms with Crippen molar-refractivity contribution in [3.05, 3.63) is 120 Å². The summed E-state index contributed by atoms with van der Waals surface area (Å²) in [6, 6.07) is 26.7. The van der Waals surface area contributed by atoms with E-state index in [0.29, 0.717) is 17.9 Å². The molecule has 8 nitrogen and oxygen atoms in total. The first-order chi connectivity index (χ1) is 21.7. The molecule has 1 N–H and O–H groups in total. The Bertz CT molecular complexity index is 1670. The number of nitrogens with zero attached hydrogens (tertiary/aromatic N) is 2. The molecule has 0 aromatic heterocycles. The van der Waals surface area contributed by atoms with Gasteiger partial charge in [-0.15, -0.1) is 11.8 Å². The molecule has 4 aromatic rings. The number of carbonyl (C=O) groups excluding carboxylic acids is 2. The van der Waals surface area contributed by atoms with Crippen LogP contribution in [0.15, 0.2) is 113 Å². The van der Waals surface area contributed by atoms with Crippen molar-refractivity contribution in [1.29, 1.82) is 0 Å². The van der Waals surface area contributed by atoms with Gasteiger partial charge in [0.1, 0.15) is 24.2 Å². The largest absolute Gasteiger partial charge is 0.494 e. The highest BCUT2D eigenvalue weighted by Crippen LogP contribution is 2.28. The lowest BCUT2D eigenvalue weighted by Crippen LogP contribution is -2.53. The number of ether oxygens (including phenoxy) is 1. The van der Waals surface area contributed by atoms with Crippen LogP contribution in [-0.2, 0) is 32.6 Å². The highest BCUT2D eigenvalue weighted by atomic mass is 32.2. The van der Waals surface area contributed by atoms with Gasteiger partial charge in [0.15, 0.2) is 0 Å². The number of rotatable bonds is 14. The number of hydrogen-bond donors (Lipinski definition) is 1. The van der Waals surface area contributed by atoms with E-state index < -0.39 is 40.2 Å². The Labute approximate surface area is 268 Å². The fourth-order valence-corrected chi connectivity index (χ4v) is 6.61. The smallest absolute Gasteiger partial charge is 0.264 e. The number of benzene rings is 4. The molecule has 0 saturated carbocycles. The SMILES string of the molecule is CCOc1ccc(N(CC(=O)N(Cc2ccc(F)cc2)C(Cc2ccccc2)C(=O)NC)S(=O)(=O)c2ccc(SC)cc2)cc1. The van der Waals surface area contributed by atoms with Gasteiger partial charge in [0.2, 0.25) is 11.8 Å². The minimum absolute atomic E-state index is 0.0132. The zero-order valence-corrected chi connectivity index (χ0v) is 27.0. The highest BCUT2D eigenvalue weighted by Gasteiger charge is 2.34. The summed E-state index contributed by atoms with van der Waals surface area (Å²) in [4.78, 5) is 29.9. The average Bonchev–Trinajstić information content (AvgIpc) is 3.06. The molecule has 4 aromatic carbocycles. The van der Waals surface area contributed by atoms with Gasteiger partial charge in [-0.1, -0.05) is 42.5 Å². The Morgan fingerprint density at radius 2 is 1.53 bits per heavy atom. The number of anilines is 1. The third kappa shape index (κ3) is 8.64. The molecule has 4 rings (SSSR count). The first kappa shape index (κ1) is 33.5. The third-order valence-electron chi connectivity index (χ3n) is 7.15. The van der Waals surface area contributed by atoms with Crippen LogP contribution in [0.3, 0.4) is 0 Å². The maximum atomic E-state index is 14.3. The number of thioether (sulfide) groups is 1. The second kappa shape index (κ2) is 15.6. The first-order valence-electron chi connectivity index (χ1n) is 14.3. The molecule has 0 bridgehead atoms. The molecule has 45 heavy (non-hydrogen) atoms. The Hall–Kier alpha value is -4.35. The Morgan fingerprint density at radius 1 is 0.889 bits per heavy atom. The van der Waals surface area contributed by atoms with Crippen molar-refractivity contribution in [3.63, 3.8) is 0 Å². The number of nitrogens with one attached hydrogen (secondary N) is 1. The summed E-state index contributed by atoms with van der Waals surface area (Å²) in [5.74, 6) is -0.918. The topological polar surface area (TPSA) is 96.0 Å². The average molecular weight is 650 g/mol. The summed E-state index contributed by atoms with van der Waals surface area (Å²) in [5, 5.41) is 2.65. The molecule has 1 unspecified atom stereocenters. The zero-order chi connectivity index (χ0) is 32.4. The van der Waals surface area contributed by atoms with E-state index in [1.54, 1.807) is 36.4 Å². The van der Waals surface area contributed by atoms with Crippen LogP contribution < -0.4 is 14.4 Å². The first-order valence-corrected chi connectivity index (χ1v) is 17.0. The normalized spacial score (nSPS) is 11.8. The molecule has 0 spiro atoms. The van der Waals surface area contributed by atoms with E-state index in [1.165, 1.54) is 60.1 Å². The Balaban J connectivity index is 1.78. The van der Waals surface area contributed by atoms with Crippen LogP contribution >= 0.6 is 11.8 Å². The summed E-state index contributed by atoms with van der Waals surface area (Å²) < 4.78 is 48.6. The van der Waals surface area contributed by atoms with Crippen LogP contribution in [0.1, 0.15) is 18.1 Å². The van der Waals surface area contributed by atoms with Gasteiger partial charge < -0.3 is 15.0 Å². The molecule has 0 aliphatic heterocycles. The van der Waals surface area contributed by atoms with Gasteiger partial charge >= 0.3 is 0 Å². The number of hydrogen-bond acceptors (Lipinski definition) is 6. The van der Waals surface area contributed by atoms with Gasteiger partial charge in [-0.2, -0.15) is 0 Å². The molecule has 0 fully saturated rings. The van der Waals surface area contributed by atoms with Gasteiger partial charge in [0.05, 0.1) is 17.2 Å². The van der Waals surface area contributed by atoms with Crippen LogP contribution in [0.5, 0.6) is 5.75 Å². The monoisotopic (exact) mass is 649 g/mol. The van der Waals surface area contributed by atoms with Crippen LogP contribution in [0.25, 0.3) is 0 Å². The van der Waals surface area contributed by atoms with E-state index in [-0.39, 0.29) is 23.5 Å². The molecular weight excluding hydrogens is 614 g/mol. The molecule has 1 atom stereocenters. The standard InChI is InChI=1S/C34H36FN3O5S2/c1-4-43-29-16-14-28(15-17-29)38(45(41,42)31-20-18-30(44-3)19-21-31)24-33(39)37(23-26-10-12-27(35)13-11-26)32(34(40)36-2)22-25-8-6-5-7-9-25/h5-21,32H,4,22-24H2,1-3H3,(H,36,40). The minimum atomic E-state index is -4.24. The van der Waals surface area contributed by atoms with Crippen LogP contribution in [0.2, 0.25) is 0 Å². The van der Waals surface area contributed by atoms with E-state index >= 15 is 0 Å². The lowest BCUT2D eigenvalue weighted by atomic mass is 10.0. The molecule has 2 amide bonds. The Kier molecular flexibility index (Phi) is 11.6. The molecule has 0 aliphatic rings. The molecule has 0 saturated heterocycles. The van der Waals surface area contributed by atoms with Crippen molar-refractivity contribution < 1.29 is 27.1 Å². The summed E-state index contributed by atoms with van der Waals surface area (Å²) in [6.07, 6.45) is 2.07. The lowest BCUT2D eigenvalue weighted by Gasteiger charge is -2.33. The fraction of sp³-hybridized carbons (Fsp3) is 0.235. The second-order valence-corrected chi connectivity index (χ2v) is 12.8. The molecule has 0 heterocycles. The van der Waals surface area contributed by atoms with Crippen molar-refractivity contribution >= 4 is 39.3 Å². The quantitative estimate of drug-likeness (QED) is 0.181.